The molecule has 0 aliphatic heterocycles. The highest BCUT2D eigenvalue weighted by Gasteiger charge is 2.20. The molecule has 0 bridgehead atoms. The minimum atomic E-state index is -0.175. The summed E-state index contributed by atoms with van der Waals surface area (Å²) in [5, 5.41) is 4.15. The van der Waals surface area contributed by atoms with E-state index < -0.39 is 0 Å². The Morgan fingerprint density at radius 1 is 1.19 bits per heavy atom. The number of hydrogen-bond donors (Lipinski definition) is 1. The smallest absolute Gasteiger partial charge is 0.274 e. The summed E-state index contributed by atoms with van der Waals surface area (Å²) in [4.78, 5) is 37.0. The molecule has 3 rings (SSSR count). The average molecular weight is 476 g/mol. The molecule has 0 aliphatic carbocycles. The molecule has 0 aliphatic rings. The summed E-state index contributed by atoms with van der Waals surface area (Å²) in [6, 6.07) is 7.13. The lowest BCUT2D eigenvalue weighted by atomic mass is 10.3. The maximum atomic E-state index is 13.2. The van der Waals surface area contributed by atoms with Gasteiger partial charge in [0.1, 0.15) is 10.4 Å². The highest BCUT2D eigenvalue weighted by Crippen LogP contribution is 2.28. The molecule has 0 unspecified atom stereocenters. The highest BCUT2D eigenvalue weighted by molar-refractivity contribution is 7.99. The molecule has 0 saturated heterocycles. The van der Waals surface area contributed by atoms with Crippen LogP contribution < -0.4 is 20.5 Å². The van der Waals surface area contributed by atoms with Crippen molar-refractivity contribution in [1.82, 2.24) is 14.5 Å². The number of anilines is 2. The molecule has 0 fully saturated rings. The molecule has 2 heterocycles. The number of ether oxygens (including phenoxy) is 1. The second-order valence-electron chi connectivity index (χ2n) is 7.28. The zero-order chi connectivity index (χ0) is 23.3. The lowest BCUT2D eigenvalue weighted by Crippen LogP contribution is -2.25. The first-order chi connectivity index (χ1) is 15.4. The van der Waals surface area contributed by atoms with Crippen molar-refractivity contribution in [2.24, 2.45) is 0 Å². The highest BCUT2D eigenvalue weighted by atomic mass is 32.2. The minimum absolute atomic E-state index is 0.0879. The van der Waals surface area contributed by atoms with Crippen LogP contribution in [0.2, 0.25) is 0 Å². The molecule has 1 amide bonds. The third kappa shape index (κ3) is 5.42. The van der Waals surface area contributed by atoms with Gasteiger partial charge in [0, 0.05) is 24.8 Å². The van der Waals surface area contributed by atoms with Gasteiger partial charge in [0.2, 0.25) is 5.91 Å². The molecule has 8 nitrogen and oxygen atoms in total. The molecular formula is C22H29N5O3S2. The standard InChI is InChI=1S/C22H29N5O3S2/c1-6-26(7-2)21-24-19-18(32-21)20(29)27(14(4)5)22(25-19)31-13-17(28)23-15-9-11-16(12-10-15)30-8-3/h9-12,14H,6-8,13H2,1-5H3,(H,23,28). The quantitative estimate of drug-likeness (QED) is 0.343. The number of aromatic nitrogens is 3. The third-order valence-corrected chi connectivity index (χ3v) is 6.80. The van der Waals surface area contributed by atoms with Crippen molar-refractivity contribution in [2.75, 3.05) is 35.7 Å². The van der Waals surface area contributed by atoms with Gasteiger partial charge in [-0.15, -0.1) is 0 Å². The molecule has 172 valence electrons. The molecule has 2 aromatic heterocycles. The minimum Gasteiger partial charge on any atom is -0.494 e. The lowest BCUT2D eigenvalue weighted by molar-refractivity contribution is -0.113. The van der Waals surface area contributed by atoms with Crippen molar-refractivity contribution in [3.8, 4) is 5.75 Å². The van der Waals surface area contributed by atoms with Crippen LogP contribution in [0.5, 0.6) is 5.75 Å². The fourth-order valence-electron chi connectivity index (χ4n) is 3.17. The number of hydrogen-bond acceptors (Lipinski definition) is 8. The van der Waals surface area contributed by atoms with E-state index in [-0.39, 0.29) is 23.3 Å². The van der Waals surface area contributed by atoms with Gasteiger partial charge in [-0.2, -0.15) is 4.98 Å². The normalized spacial score (nSPS) is 11.2. The first kappa shape index (κ1) is 24.1. The predicted octanol–water partition coefficient (Wildman–Crippen LogP) is 4.41. The van der Waals surface area contributed by atoms with Gasteiger partial charge in [0.05, 0.1) is 12.4 Å². The van der Waals surface area contributed by atoms with Crippen LogP contribution in [-0.4, -0.2) is 45.9 Å². The monoisotopic (exact) mass is 475 g/mol. The molecule has 10 heteroatoms. The zero-order valence-electron chi connectivity index (χ0n) is 19.0. The van der Waals surface area contributed by atoms with Gasteiger partial charge < -0.3 is 15.0 Å². The zero-order valence-corrected chi connectivity index (χ0v) is 20.7. The second-order valence-corrected chi connectivity index (χ2v) is 9.20. The Hall–Kier alpha value is -2.59. The molecule has 0 spiro atoms. The van der Waals surface area contributed by atoms with Crippen LogP contribution in [0.1, 0.15) is 40.7 Å². The summed E-state index contributed by atoms with van der Waals surface area (Å²) in [6.07, 6.45) is 0. The number of nitrogens with one attached hydrogen (secondary N) is 1. The van der Waals surface area contributed by atoms with Gasteiger partial charge in [-0.1, -0.05) is 23.1 Å². The van der Waals surface area contributed by atoms with Gasteiger partial charge in [-0.3, -0.25) is 14.2 Å². The van der Waals surface area contributed by atoms with Gasteiger partial charge in [0.25, 0.3) is 5.56 Å². The maximum absolute atomic E-state index is 13.2. The number of benzene rings is 1. The molecule has 1 aromatic carbocycles. The Kier molecular flexibility index (Phi) is 8.14. The Bertz CT molecular complexity index is 1120. The summed E-state index contributed by atoms with van der Waals surface area (Å²) >= 11 is 2.61. The fourth-order valence-corrected chi connectivity index (χ4v) is 5.16. The van der Waals surface area contributed by atoms with Crippen LogP contribution >= 0.6 is 23.1 Å². The second kappa shape index (κ2) is 10.8. The Morgan fingerprint density at radius 3 is 2.47 bits per heavy atom. The largest absolute Gasteiger partial charge is 0.494 e. The Morgan fingerprint density at radius 2 is 1.88 bits per heavy atom. The number of carbonyl (C=O) groups excluding carboxylic acids is 1. The lowest BCUT2D eigenvalue weighted by Gasteiger charge is -2.15. The van der Waals surface area contributed by atoms with E-state index in [4.69, 9.17) is 4.74 Å². The number of thioether (sulfide) groups is 1. The SMILES string of the molecule is CCOc1ccc(NC(=O)CSc2nc3nc(N(CC)CC)sc3c(=O)n2C(C)C)cc1. The number of carbonyl (C=O) groups is 1. The van der Waals surface area contributed by atoms with Crippen LogP contribution in [0.25, 0.3) is 10.3 Å². The van der Waals surface area contributed by atoms with E-state index in [2.05, 4.69) is 34.0 Å². The molecule has 0 atom stereocenters. The molecular weight excluding hydrogens is 446 g/mol. The Balaban J connectivity index is 1.80. The van der Waals surface area contributed by atoms with Gasteiger partial charge in [-0.25, -0.2) is 4.98 Å². The van der Waals surface area contributed by atoms with Crippen molar-refractivity contribution in [3.05, 3.63) is 34.6 Å². The van der Waals surface area contributed by atoms with Gasteiger partial charge in [0.15, 0.2) is 15.9 Å². The first-order valence-corrected chi connectivity index (χ1v) is 12.5. The topological polar surface area (TPSA) is 89.3 Å². The number of rotatable bonds is 10. The molecule has 32 heavy (non-hydrogen) atoms. The summed E-state index contributed by atoms with van der Waals surface area (Å²) in [5.74, 6) is 0.710. The van der Waals surface area contributed by atoms with Crippen molar-refractivity contribution in [1.29, 1.82) is 0 Å². The molecule has 3 aromatic rings. The van der Waals surface area contributed by atoms with E-state index in [0.717, 1.165) is 24.0 Å². The van der Waals surface area contributed by atoms with Crippen molar-refractivity contribution in [2.45, 2.75) is 45.8 Å². The number of thiazole rings is 1. The van der Waals surface area contributed by atoms with Crippen LogP contribution in [0.3, 0.4) is 0 Å². The summed E-state index contributed by atoms with van der Waals surface area (Å²) in [5.41, 5.74) is 1.01. The summed E-state index contributed by atoms with van der Waals surface area (Å²) in [6.45, 7) is 12.1. The molecule has 0 saturated carbocycles. The summed E-state index contributed by atoms with van der Waals surface area (Å²) < 4.78 is 7.60. The van der Waals surface area contributed by atoms with E-state index in [1.165, 1.54) is 23.1 Å². The van der Waals surface area contributed by atoms with E-state index in [9.17, 15) is 9.59 Å². The van der Waals surface area contributed by atoms with E-state index >= 15 is 0 Å². The summed E-state index contributed by atoms with van der Waals surface area (Å²) in [7, 11) is 0. The number of nitrogens with zero attached hydrogens (tertiary/aromatic N) is 4. The molecule has 1 N–H and O–H groups in total. The first-order valence-electron chi connectivity index (χ1n) is 10.7. The van der Waals surface area contributed by atoms with Gasteiger partial charge >= 0.3 is 0 Å². The average Bonchev–Trinajstić information content (AvgIpc) is 3.19. The van der Waals surface area contributed by atoms with E-state index in [1.807, 2.05) is 32.9 Å². The fraction of sp³-hybridized carbons (Fsp3) is 0.455. The van der Waals surface area contributed by atoms with E-state index in [1.54, 1.807) is 16.7 Å². The Labute approximate surface area is 196 Å². The maximum Gasteiger partial charge on any atom is 0.274 e. The van der Waals surface area contributed by atoms with Crippen molar-refractivity contribution in [3.63, 3.8) is 0 Å². The van der Waals surface area contributed by atoms with Crippen LogP contribution in [-0.2, 0) is 4.79 Å². The van der Waals surface area contributed by atoms with Crippen molar-refractivity contribution >= 4 is 50.2 Å². The van der Waals surface area contributed by atoms with Crippen LogP contribution in [0.4, 0.5) is 10.8 Å². The van der Waals surface area contributed by atoms with Crippen LogP contribution in [0.15, 0.2) is 34.2 Å². The number of fused-ring (bicyclic) bond motifs is 1. The third-order valence-electron chi connectivity index (χ3n) is 4.75. The molecule has 0 radical (unpaired) electrons. The van der Waals surface area contributed by atoms with Crippen molar-refractivity contribution < 1.29 is 9.53 Å². The van der Waals surface area contributed by atoms with Crippen LogP contribution in [0, 0.1) is 0 Å². The number of amides is 1. The van der Waals surface area contributed by atoms with E-state index in [0.29, 0.717) is 27.8 Å². The predicted molar refractivity (Wildman–Crippen MR) is 133 cm³/mol. The van der Waals surface area contributed by atoms with Gasteiger partial charge in [-0.05, 0) is 58.9 Å².